The first-order valence-corrected chi connectivity index (χ1v) is 16.7. The summed E-state index contributed by atoms with van der Waals surface area (Å²) in [5, 5.41) is 52.6. The molecule has 0 saturated heterocycles. The van der Waals surface area contributed by atoms with Gasteiger partial charge in [0.15, 0.2) is 19.0 Å². The Morgan fingerprint density at radius 2 is 0.390 bits per heavy atom. The molecule has 0 aromatic carbocycles. The molecule has 0 fully saturated rings. The summed E-state index contributed by atoms with van der Waals surface area (Å²) in [6.07, 6.45) is -3.80. The molecule has 0 aliphatic heterocycles. The molecule has 1 radical (unpaired) electrons. The topological polar surface area (TPSA) is 115 Å². The molecular formula is C20H30Cl15O5V-5. The average Bonchev–Trinajstić information content (AvgIpc) is 2.79. The molecule has 5 unspecified atom stereocenters. The zero-order valence-electron chi connectivity index (χ0n) is 22.1. The first-order chi connectivity index (χ1) is 17.4. The average molecular weight is 933 g/mol. The molecule has 255 valence electrons. The molecular weight excluding hydrogens is 903 g/mol. The number of hydrogen-bond acceptors (Lipinski definition) is 5. The molecule has 0 aromatic rings. The fourth-order valence-electron chi connectivity index (χ4n) is 1.16. The Bertz CT molecular complexity index is 464. The molecule has 0 aliphatic carbocycles. The second-order valence-corrected chi connectivity index (χ2v) is 19.0. The molecule has 0 amide bonds. The van der Waals surface area contributed by atoms with E-state index in [0.717, 1.165) is 0 Å². The van der Waals surface area contributed by atoms with E-state index in [1.165, 1.54) is 0 Å². The summed E-state index contributed by atoms with van der Waals surface area (Å²) in [5.41, 5.74) is 0. The van der Waals surface area contributed by atoms with Gasteiger partial charge in [0, 0.05) is 18.6 Å². The minimum absolute atomic E-state index is 0. The molecule has 41 heavy (non-hydrogen) atoms. The van der Waals surface area contributed by atoms with Crippen LogP contribution in [0.25, 0.3) is 0 Å². The van der Waals surface area contributed by atoms with Crippen molar-refractivity contribution in [1.82, 2.24) is 0 Å². The Labute approximate surface area is 330 Å². The van der Waals surface area contributed by atoms with Gasteiger partial charge in [-0.2, -0.15) is 0 Å². The normalized spacial score (nSPS) is 15.7. The van der Waals surface area contributed by atoms with Crippen molar-refractivity contribution < 1.29 is 44.1 Å². The summed E-state index contributed by atoms with van der Waals surface area (Å²) in [6.45, 7) is 8.40. The molecule has 0 bridgehead atoms. The summed E-state index contributed by atoms with van der Waals surface area (Å²) in [7, 11) is 0. The summed E-state index contributed by atoms with van der Waals surface area (Å²) in [4.78, 5) is 0. The molecule has 0 aromatic heterocycles. The van der Waals surface area contributed by atoms with E-state index in [1.54, 1.807) is 34.6 Å². The van der Waals surface area contributed by atoms with E-state index in [2.05, 4.69) is 0 Å². The smallest absolute Gasteiger partial charge is 0.178 e. The molecule has 0 saturated carbocycles. The van der Waals surface area contributed by atoms with Crippen molar-refractivity contribution in [3.05, 3.63) is 0 Å². The fraction of sp³-hybridized carbons (Fsp3) is 1.00. The van der Waals surface area contributed by atoms with Gasteiger partial charge < -0.3 is 25.5 Å². The Kier molecular flexibility index (Phi) is 40.4. The van der Waals surface area contributed by atoms with Gasteiger partial charge in [-0.3, -0.25) is 0 Å². The van der Waals surface area contributed by atoms with E-state index < -0.39 is 49.5 Å². The Balaban J connectivity index is -0.0000000928. The van der Waals surface area contributed by atoms with E-state index in [-0.39, 0.29) is 18.6 Å². The Morgan fingerprint density at radius 1 is 0.317 bits per heavy atom. The molecule has 0 N–H and O–H groups in total. The van der Waals surface area contributed by atoms with Crippen LogP contribution >= 0.6 is 174 Å². The first kappa shape index (κ1) is 58.0. The maximum atomic E-state index is 10.5. The van der Waals surface area contributed by atoms with Crippen LogP contribution in [0.3, 0.4) is 0 Å². The third-order valence-corrected chi connectivity index (χ3v) is 7.33. The van der Waals surface area contributed by atoms with Crippen LogP contribution in [0.5, 0.6) is 0 Å². The van der Waals surface area contributed by atoms with Crippen molar-refractivity contribution >= 4 is 174 Å². The van der Waals surface area contributed by atoms with Gasteiger partial charge in [0.05, 0.1) is 0 Å². The molecule has 0 aliphatic rings. The van der Waals surface area contributed by atoms with Crippen LogP contribution in [0, 0.1) is 0 Å². The van der Waals surface area contributed by atoms with Crippen molar-refractivity contribution in [1.29, 1.82) is 0 Å². The largest absolute Gasteiger partial charge is 0.849 e. The first-order valence-electron chi connectivity index (χ1n) is 11.0. The van der Waals surface area contributed by atoms with E-state index in [9.17, 15) is 25.5 Å². The molecule has 5 nitrogen and oxygen atoms in total. The van der Waals surface area contributed by atoms with Crippen LogP contribution < -0.4 is 25.5 Å². The second kappa shape index (κ2) is 28.6. The van der Waals surface area contributed by atoms with Crippen molar-refractivity contribution in [2.75, 3.05) is 0 Å². The van der Waals surface area contributed by atoms with Crippen LogP contribution in [0.15, 0.2) is 0 Å². The van der Waals surface area contributed by atoms with Gasteiger partial charge in [-0.1, -0.05) is 271 Å². The second-order valence-electron chi connectivity index (χ2n) is 7.19. The minimum Gasteiger partial charge on any atom is -0.849 e. The maximum absolute atomic E-state index is 10.5. The summed E-state index contributed by atoms with van der Waals surface area (Å²) in [5.74, 6) is 0. The number of alkyl halides is 15. The van der Waals surface area contributed by atoms with Crippen molar-refractivity contribution in [3.63, 3.8) is 0 Å². The summed E-state index contributed by atoms with van der Waals surface area (Å²) in [6, 6.07) is 0. The van der Waals surface area contributed by atoms with Crippen molar-refractivity contribution in [2.24, 2.45) is 0 Å². The van der Waals surface area contributed by atoms with Crippen LogP contribution in [0.4, 0.5) is 0 Å². The minimum atomic E-state index is -1.63. The standard InChI is InChI=1S/5C4H6Cl3O.V/c5*1-2-3(8)4(5,6)7;/h5*3H,2H2,1H3;/q5*-1;. The zero-order chi connectivity index (χ0) is 33.9. The molecule has 21 heteroatoms. The molecule has 0 rings (SSSR count). The third kappa shape index (κ3) is 40.8. The Hall–Kier alpha value is 4.73. The molecule has 0 spiro atoms. The monoisotopic (exact) mass is 926 g/mol. The predicted octanol–water partition coefficient (Wildman–Crippen LogP) is 7.48. The van der Waals surface area contributed by atoms with Crippen LogP contribution in [0.1, 0.15) is 66.7 Å². The quantitative estimate of drug-likeness (QED) is 0.266. The number of hydrogen-bond donors (Lipinski definition) is 0. The van der Waals surface area contributed by atoms with E-state index >= 15 is 0 Å². The SMILES string of the molecule is CCC([O-])C(Cl)(Cl)Cl.CCC([O-])C(Cl)(Cl)Cl.CCC([O-])C(Cl)(Cl)Cl.CCC([O-])C(Cl)(Cl)Cl.CCC([O-])C(Cl)(Cl)Cl.[V]. The van der Waals surface area contributed by atoms with Crippen LogP contribution in [0.2, 0.25) is 0 Å². The Morgan fingerprint density at radius 3 is 0.390 bits per heavy atom. The maximum Gasteiger partial charge on any atom is 0.178 e. The van der Waals surface area contributed by atoms with Gasteiger partial charge in [0.25, 0.3) is 0 Å². The predicted molar refractivity (Wildman–Crippen MR) is 172 cm³/mol. The van der Waals surface area contributed by atoms with Gasteiger partial charge in [0.1, 0.15) is 0 Å². The van der Waals surface area contributed by atoms with E-state index in [0.29, 0.717) is 32.1 Å². The van der Waals surface area contributed by atoms with E-state index in [1.807, 2.05) is 0 Å². The van der Waals surface area contributed by atoms with Gasteiger partial charge >= 0.3 is 0 Å². The molecule has 0 heterocycles. The number of halogens is 15. The van der Waals surface area contributed by atoms with Gasteiger partial charge in [0.2, 0.25) is 0 Å². The van der Waals surface area contributed by atoms with Gasteiger partial charge in [-0.05, 0) is 0 Å². The van der Waals surface area contributed by atoms with E-state index in [4.69, 9.17) is 174 Å². The summed E-state index contributed by atoms with van der Waals surface area (Å²) < 4.78 is -8.15. The van der Waals surface area contributed by atoms with Crippen LogP contribution in [-0.2, 0) is 18.6 Å². The van der Waals surface area contributed by atoms with Crippen molar-refractivity contribution in [3.8, 4) is 0 Å². The summed E-state index contributed by atoms with van der Waals surface area (Å²) >= 11 is 78.0. The zero-order valence-corrected chi connectivity index (χ0v) is 34.8. The van der Waals surface area contributed by atoms with Gasteiger partial charge in [-0.25, -0.2) is 0 Å². The number of rotatable bonds is 5. The van der Waals surface area contributed by atoms with Gasteiger partial charge in [-0.15, -0.1) is 0 Å². The van der Waals surface area contributed by atoms with Crippen molar-refractivity contribution in [2.45, 2.75) is 116 Å². The molecule has 5 atom stereocenters. The van der Waals surface area contributed by atoms with Crippen LogP contribution in [-0.4, -0.2) is 49.5 Å². The fourth-order valence-corrected chi connectivity index (χ4v) is 3.47. The third-order valence-electron chi connectivity index (χ3n) is 3.68.